The summed E-state index contributed by atoms with van der Waals surface area (Å²) in [6, 6.07) is 8.23. The number of aryl methyl sites for hydroxylation is 2. The Hall–Kier alpha value is -2.07. The van der Waals surface area contributed by atoms with Crippen LogP contribution in [0.5, 0.6) is 0 Å². The molecule has 2 heterocycles. The second-order valence-electron chi connectivity index (χ2n) is 5.11. The summed E-state index contributed by atoms with van der Waals surface area (Å²) in [7, 11) is 2.05. The zero-order chi connectivity index (χ0) is 14.8. The van der Waals surface area contributed by atoms with Gasteiger partial charge in [0, 0.05) is 32.4 Å². The third-order valence-corrected chi connectivity index (χ3v) is 3.87. The highest BCUT2D eigenvalue weighted by atomic mass is 35.5. The summed E-state index contributed by atoms with van der Waals surface area (Å²) in [4.78, 5) is 8.68. The van der Waals surface area contributed by atoms with Crippen LogP contribution in [-0.4, -0.2) is 21.1 Å². The molecule has 1 N–H and O–H groups in total. The number of fused-ring (bicyclic) bond motifs is 1. The van der Waals surface area contributed by atoms with Crippen molar-refractivity contribution in [2.45, 2.75) is 13.3 Å². The Kier molecular flexibility index (Phi) is 3.80. The molecule has 0 unspecified atom stereocenters. The van der Waals surface area contributed by atoms with Gasteiger partial charge < -0.3 is 9.88 Å². The largest absolute Gasteiger partial charge is 0.383 e. The molecule has 108 valence electrons. The zero-order valence-corrected chi connectivity index (χ0v) is 12.9. The molecule has 5 heteroatoms. The van der Waals surface area contributed by atoms with Crippen LogP contribution >= 0.6 is 11.6 Å². The first kappa shape index (κ1) is 13.9. The number of imidazole rings is 1. The van der Waals surface area contributed by atoms with Crippen LogP contribution in [0.2, 0.25) is 5.02 Å². The van der Waals surface area contributed by atoms with Crippen molar-refractivity contribution in [3.8, 4) is 0 Å². The van der Waals surface area contributed by atoms with Gasteiger partial charge in [-0.05, 0) is 30.7 Å². The fraction of sp³-hybridized carbons (Fsp3) is 0.250. The average Bonchev–Trinajstić information content (AvgIpc) is 2.77. The van der Waals surface area contributed by atoms with Crippen molar-refractivity contribution in [3.05, 3.63) is 53.1 Å². The van der Waals surface area contributed by atoms with E-state index < -0.39 is 0 Å². The van der Waals surface area contributed by atoms with Crippen molar-refractivity contribution in [1.82, 2.24) is 14.5 Å². The molecule has 0 saturated heterocycles. The summed E-state index contributed by atoms with van der Waals surface area (Å²) in [6.07, 6.45) is 4.21. The molecule has 3 aromatic rings. The van der Waals surface area contributed by atoms with Gasteiger partial charge in [-0.3, -0.25) is 4.98 Å². The Morgan fingerprint density at radius 2 is 2.14 bits per heavy atom. The molecule has 21 heavy (non-hydrogen) atoms. The van der Waals surface area contributed by atoms with Crippen LogP contribution < -0.4 is 5.32 Å². The van der Waals surface area contributed by atoms with Crippen molar-refractivity contribution >= 4 is 28.3 Å². The number of rotatable bonds is 4. The van der Waals surface area contributed by atoms with E-state index in [-0.39, 0.29) is 0 Å². The van der Waals surface area contributed by atoms with Gasteiger partial charge in [-0.2, -0.15) is 0 Å². The van der Waals surface area contributed by atoms with E-state index in [2.05, 4.69) is 47.0 Å². The molecular weight excluding hydrogens is 284 g/mol. The van der Waals surface area contributed by atoms with E-state index >= 15 is 0 Å². The number of hydrogen-bond acceptors (Lipinski definition) is 3. The lowest BCUT2D eigenvalue weighted by Gasteiger charge is -2.07. The minimum Gasteiger partial charge on any atom is -0.383 e. The monoisotopic (exact) mass is 300 g/mol. The number of hydrogen-bond donors (Lipinski definition) is 1. The molecule has 0 aliphatic carbocycles. The second kappa shape index (κ2) is 5.74. The van der Waals surface area contributed by atoms with Crippen molar-refractivity contribution in [2.75, 3.05) is 11.9 Å². The smallest absolute Gasteiger partial charge is 0.111 e. The molecule has 0 spiro atoms. The lowest BCUT2D eigenvalue weighted by atomic mass is 10.2. The number of benzene rings is 1. The molecule has 1 aromatic carbocycles. The summed E-state index contributed by atoms with van der Waals surface area (Å²) in [6.45, 7) is 2.86. The van der Waals surface area contributed by atoms with Gasteiger partial charge in [-0.25, -0.2) is 4.98 Å². The summed E-state index contributed by atoms with van der Waals surface area (Å²) < 4.78 is 2.14. The molecule has 3 rings (SSSR count). The van der Waals surface area contributed by atoms with Crippen LogP contribution in [0.4, 0.5) is 5.69 Å². The van der Waals surface area contributed by atoms with Crippen LogP contribution in [0.15, 0.2) is 36.7 Å². The molecule has 0 saturated carbocycles. The molecule has 2 aromatic heterocycles. The number of halogens is 1. The van der Waals surface area contributed by atoms with Gasteiger partial charge in [-0.1, -0.05) is 17.7 Å². The summed E-state index contributed by atoms with van der Waals surface area (Å²) in [5.74, 6) is 1.06. The first-order valence-electron chi connectivity index (χ1n) is 6.90. The SMILES string of the molecule is Cc1ccc2c(c1)nc(CCNc1ccncc1Cl)n2C. The van der Waals surface area contributed by atoms with Crippen molar-refractivity contribution in [1.29, 1.82) is 0 Å². The van der Waals surface area contributed by atoms with Crippen LogP contribution in [0.25, 0.3) is 11.0 Å². The highest BCUT2D eigenvalue weighted by Gasteiger charge is 2.07. The molecule has 0 amide bonds. The minimum atomic E-state index is 0.637. The Labute approximate surface area is 128 Å². The van der Waals surface area contributed by atoms with Crippen molar-refractivity contribution < 1.29 is 0 Å². The topological polar surface area (TPSA) is 42.7 Å². The number of anilines is 1. The van der Waals surface area contributed by atoms with E-state index in [1.54, 1.807) is 12.4 Å². The fourth-order valence-corrected chi connectivity index (χ4v) is 2.60. The lowest BCUT2D eigenvalue weighted by Crippen LogP contribution is -2.09. The van der Waals surface area contributed by atoms with Gasteiger partial charge in [0.25, 0.3) is 0 Å². The van der Waals surface area contributed by atoms with E-state index in [0.29, 0.717) is 5.02 Å². The van der Waals surface area contributed by atoms with Gasteiger partial charge in [0.2, 0.25) is 0 Å². The van der Waals surface area contributed by atoms with Crippen molar-refractivity contribution in [2.24, 2.45) is 7.05 Å². The Morgan fingerprint density at radius 3 is 2.95 bits per heavy atom. The Balaban J connectivity index is 1.74. The van der Waals surface area contributed by atoms with E-state index in [4.69, 9.17) is 16.6 Å². The Bertz CT molecular complexity index is 779. The number of aromatic nitrogens is 3. The van der Waals surface area contributed by atoms with E-state index in [1.807, 2.05) is 6.07 Å². The van der Waals surface area contributed by atoms with Crippen LogP contribution in [0.1, 0.15) is 11.4 Å². The molecule has 0 radical (unpaired) electrons. The molecule has 0 fully saturated rings. The van der Waals surface area contributed by atoms with Crippen LogP contribution in [-0.2, 0) is 13.5 Å². The summed E-state index contributed by atoms with van der Waals surface area (Å²) in [5.41, 5.74) is 4.35. The number of nitrogens with zero attached hydrogens (tertiary/aromatic N) is 3. The van der Waals surface area contributed by atoms with Gasteiger partial charge in [0.1, 0.15) is 5.82 Å². The fourth-order valence-electron chi connectivity index (χ4n) is 2.41. The molecule has 0 atom stereocenters. The predicted molar refractivity (Wildman–Crippen MR) is 86.9 cm³/mol. The van der Waals surface area contributed by atoms with E-state index in [9.17, 15) is 0 Å². The lowest BCUT2D eigenvalue weighted by molar-refractivity contribution is 0.807. The molecule has 4 nitrogen and oxygen atoms in total. The van der Waals surface area contributed by atoms with Crippen LogP contribution in [0, 0.1) is 6.92 Å². The quantitative estimate of drug-likeness (QED) is 0.801. The van der Waals surface area contributed by atoms with Gasteiger partial charge in [-0.15, -0.1) is 0 Å². The number of pyridine rings is 1. The minimum absolute atomic E-state index is 0.637. The zero-order valence-electron chi connectivity index (χ0n) is 12.1. The maximum Gasteiger partial charge on any atom is 0.111 e. The van der Waals surface area contributed by atoms with Gasteiger partial charge in [0.05, 0.1) is 21.7 Å². The standard InChI is InChI=1S/C16H17ClN4/c1-11-3-4-15-14(9-11)20-16(21(15)2)6-8-19-13-5-7-18-10-12(13)17/h3-5,7,9-10H,6,8H2,1-2H3,(H,18,19). The maximum absolute atomic E-state index is 6.07. The molecule has 0 aliphatic heterocycles. The second-order valence-corrected chi connectivity index (χ2v) is 5.52. The van der Waals surface area contributed by atoms with Crippen LogP contribution in [0.3, 0.4) is 0 Å². The van der Waals surface area contributed by atoms with E-state index in [0.717, 1.165) is 35.5 Å². The first-order valence-corrected chi connectivity index (χ1v) is 7.28. The van der Waals surface area contributed by atoms with Crippen molar-refractivity contribution in [3.63, 3.8) is 0 Å². The highest BCUT2D eigenvalue weighted by Crippen LogP contribution is 2.20. The maximum atomic E-state index is 6.07. The first-order chi connectivity index (χ1) is 10.1. The van der Waals surface area contributed by atoms with Gasteiger partial charge in [0.15, 0.2) is 0 Å². The highest BCUT2D eigenvalue weighted by molar-refractivity contribution is 6.33. The number of nitrogens with one attached hydrogen (secondary N) is 1. The van der Waals surface area contributed by atoms with E-state index in [1.165, 1.54) is 5.56 Å². The predicted octanol–water partition coefficient (Wildman–Crippen LogP) is 3.58. The third-order valence-electron chi connectivity index (χ3n) is 3.57. The Morgan fingerprint density at radius 1 is 1.29 bits per heavy atom. The molecular formula is C16H17ClN4. The molecule has 0 bridgehead atoms. The molecule has 0 aliphatic rings. The average molecular weight is 301 g/mol. The third kappa shape index (κ3) is 2.85. The summed E-state index contributed by atoms with van der Waals surface area (Å²) in [5, 5.41) is 3.96. The normalized spacial score (nSPS) is 11.0. The summed E-state index contributed by atoms with van der Waals surface area (Å²) >= 11 is 6.07. The van der Waals surface area contributed by atoms with Gasteiger partial charge >= 0.3 is 0 Å².